The van der Waals surface area contributed by atoms with Crippen molar-refractivity contribution in [3.05, 3.63) is 71.9 Å². The Bertz CT molecular complexity index is 1040. The van der Waals surface area contributed by atoms with E-state index in [1.54, 1.807) is 18.0 Å². The molecule has 3 aromatic rings. The van der Waals surface area contributed by atoms with Gasteiger partial charge in [-0.15, -0.1) is 0 Å². The van der Waals surface area contributed by atoms with Gasteiger partial charge in [-0.05, 0) is 37.0 Å². The summed E-state index contributed by atoms with van der Waals surface area (Å²) >= 11 is 0. The number of hydrogen-bond acceptors (Lipinski definition) is 5. The number of methoxy groups -OCH3 is 1. The van der Waals surface area contributed by atoms with E-state index in [0.717, 1.165) is 18.4 Å². The highest BCUT2D eigenvalue weighted by atomic mass is 16.5. The molecule has 4 rings (SSSR count). The smallest absolute Gasteiger partial charge is 0.342 e. The molecule has 0 radical (unpaired) electrons. The van der Waals surface area contributed by atoms with Gasteiger partial charge in [0.2, 0.25) is 0 Å². The number of ether oxygens (including phenoxy) is 2. The van der Waals surface area contributed by atoms with Crippen molar-refractivity contribution in [3.63, 3.8) is 0 Å². The van der Waals surface area contributed by atoms with E-state index in [4.69, 9.17) is 9.47 Å². The van der Waals surface area contributed by atoms with E-state index in [1.165, 1.54) is 0 Å². The van der Waals surface area contributed by atoms with Crippen LogP contribution in [0.25, 0.3) is 11.3 Å². The molecule has 154 valence electrons. The Hall–Kier alpha value is -3.41. The lowest BCUT2D eigenvalue weighted by molar-refractivity contribution is -0.129. The van der Waals surface area contributed by atoms with Crippen LogP contribution in [0.15, 0.2) is 60.8 Å². The monoisotopic (exact) mass is 404 g/mol. The number of hydrogen-bond donors (Lipinski definition) is 0. The van der Waals surface area contributed by atoms with Crippen LogP contribution in [0.2, 0.25) is 0 Å². The number of carbonyl (C=O) groups is 2. The van der Waals surface area contributed by atoms with Gasteiger partial charge in [-0.2, -0.15) is 5.10 Å². The molecule has 0 aliphatic heterocycles. The molecule has 0 bridgehead atoms. The number of ketones is 1. The van der Waals surface area contributed by atoms with E-state index in [0.29, 0.717) is 42.0 Å². The summed E-state index contributed by atoms with van der Waals surface area (Å²) in [6.07, 6.45) is 3.79. The zero-order chi connectivity index (χ0) is 20.9. The van der Waals surface area contributed by atoms with Gasteiger partial charge in [-0.1, -0.05) is 42.5 Å². The Morgan fingerprint density at radius 3 is 2.63 bits per heavy atom. The maximum Gasteiger partial charge on any atom is 0.342 e. The number of rotatable bonds is 6. The molecule has 6 nitrogen and oxygen atoms in total. The molecular weight excluding hydrogens is 380 g/mol. The predicted octanol–water partition coefficient (Wildman–Crippen LogP) is 4.28. The molecule has 0 N–H and O–H groups in total. The Kier molecular flexibility index (Phi) is 5.93. The molecule has 1 atom stereocenters. The summed E-state index contributed by atoms with van der Waals surface area (Å²) in [4.78, 5) is 25.2. The molecule has 1 aliphatic carbocycles. The third-order valence-corrected chi connectivity index (χ3v) is 5.28. The van der Waals surface area contributed by atoms with Crippen LogP contribution < -0.4 is 4.74 Å². The molecule has 1 saturated carbocycles. The minimum absolute atomic E-state index is 0.00915. The summed E-state index contributed by atoms with van der Waals surface area (Å²) in [6, 6.07) is 17.3. The Labute approximate surface area is 175 Å². The van der Waals surface area contributed by atoms with Gasteiger partial charge in [-0.3, -0.25) is 9.48 Å². The molecule has 2 aromatic carbocycles. The zero-order valence-electron chi connectivity index (χ0n) is 16.9. The summed E-state index contributed by atoms with van der Waals surface area (Å²) in [7, 11) is 1.58. The van der Waals surface area contributed by atoms with E-state index < -0.39 is 12.1 Å². The number of aromatic nitrogens is 2. The van der Waals surface area contributed by atoms with Gasteiger partial charge >= 0.3 is 5.97 Å². The lowest BCUT2D eigenvalue weighted by Gasteiger charge is -2.20. The van der Waals surface area contributed by atoms with Crippen molar-refractivity contribution < 1.29 is 19.1 Å². The number of benzene rings is 2. The average molecular weight is 404 g/mol. The number of carbonyl (C=O) groups excluding carboxylic acids is 2. The average Bonchev–Trinajstić information content (AvgIpc) is 3.19. The second-order valence-electron chi connectivity index (χ2n) is 7.38. The number of para-hydroxylation sites is 1. The first kappa shape index (κ1) is 19.9. The third kappa shape index (κ3) is 4.27. The van der Waals surface area contributed by atoms with Crippen molar-refractivity contribution in [2.75, 3.05) is 7.11 Å². The molecule has 1 aromatic heterocycles. The molecule has 0 saturated heterocycles. The molecule has 1 aliphatic rings. The van der Waals surface area contributed by atoms with Gasteiger partial charge in [0.05, 0.1) is 13.7 Å². The Balaban J connectivity index is 1.69. The summed E-state index contributed by atoms with van der Waals surface area (Å²) in [6.45, 7) is 0.513. The molecule has 1 fully saturated rings. The second-order valence-corrected chi connectivity index (χ2v) is 7.38. The topological polar surface area (TPSA) is 70.4 Å². The Morgan fingerprint density at radius 2 is 1.87 bits per heavy atom. The van der Waals surface area contributed by atoms with Crippen LogP contribution in [0.4, 0.5) is 0 Å². The number of esters is 1. The van der Waals surface area contributed by atoms with Gasteiger partial charge in [0, 0.05) is 18.2 Å². The largest absolute Gasteiger partial charge is 0.496 e. The predicted molar refractivity (Wildman–Crippen MR) is 112 cm³/mol. The van der Waals surface area contributed by atoms with Gasteiger partial charge in [0.25, 0.3) is 0 Å². The van der Waals surface area contributed by atoms with Gasteiger partial charge in [0.15, 0.2) is 11.9 Å². The molecule has 30 heavy (non-hydrogen) atoms. The molecule has 6 heteroatoms. The van der Waals surface area contributed by atoms with Crippen LogP contribution in [0.5, 0.6) is 5.75 Å². The maximum atomic E-state index is 13.0. The normalized spacial score (nSPS) is 16.3. The molecular formula is C24H24N2O4. The van der Waals surface area contributed by atoms with Crippen molar-refractivity contribution in [2.24, 2.45) is 0 Å². The molecule has 0 spiro atoms. The SMILES string of the molecule is COc1ccccc1-c1nn(Cc2ccccc2)cc1C(=O)O[C@@H]1CCCCC1=O. The van der Waals surface area contributed by atoms with Crippen molar-refractivity contribution in [1.82, 2.24) is 9.78 Å². The highest BCUT2D eigenvalue weighted by molar-refractivity contribution is 5.98. The van der Waals surface area contributed by atoms with E-state index in [-0.39, 0.29) is 5.78 Å². The maximum absolute atomic E-state index is 13.0. The fraction of sp³-hybridized carbons (Fsp3) is 0.292. The van der Waals surface area contributed by atoms with E-state index in [9.17, 15) is 9.59 Å². The Morgan fingerprint density at radius 1 is 1.10 bits per heavy atom. The van der Waals surface area contributed by atoms with Crippen molar-refractivity contribution in [2.45, 2.75) is 38.3 Å². The minimum atomic E-state index is -0.672. The van der Waals surface area contributed by atoms with E-state index >= 15 is 0 Å². The van der Waals surface area contributed by atoms with Crippen molar-refractivity contribution in [1.29, 1.82) is 0 Å². The van der Waals surface area contributed by atoms with Crippen LogP contribution >= 0.6 is 0 Å². The van der Waals surface area contributed by atoms with Crippen LogP contribution in [0, 0.1) is 0 Å². The summed E-state index contributed by atoms with van der Waals surface area (Å²) in [5, 5.41) is 4.67. The quantitative estimate of drug-likeness (QED) is 0.574. The van der Waals surface area contributed by atoms with E-state index in [2.05, 4.69) is 5.10 Å². The fourth-order valence-corrected chi connectivity index (χ4v) is 3.73. The van der Waals surface area contributed by atoms with Crippen LogP contribution in [0.3, 0.4) is 0 Å². The zero-order valence-corrected chi connectivity index (χ0v) is 16.9. The van der Waals surface area contributed by atoms with Crippen molar-refractivity contribution in [3.8, 4) is 17.0 Å². The lowest BCUT2D eigenvalue weighted by Crippen LogP contribution is -2.30. The van der Waals surface area contributed by atoms with E-state index in [1.807, 2.05) is 54.6 Å². The lowest BCUT2D eigenvalue weighted by atomic mass is 9.96. The van der Waals surface area contributed by atoms with Crippen LogP contribution in [-0.2, 0) is 16.1 Å². The standard InChI is InChI=1S/C24H24N2O4/c1-29-21-13-7-5-11-18(21)23-19(24(28)30-22-14-8-6-12-20(22)27)16-26(25-23)15-17-9-3-2-4-10-17/h2-5,7,9-11,13,16,22H,6,8,12,14-15H2,1H3/t22-/m1/s1. The summed E-state index contributed by atoms with van der Waals surface area (Å²) in [5.74, 6) is 0.0749. The summed E-state index contributed by atoms with van der Waals surface area (Å²) in [5.41, 5.74) is 2.58. The summed E-state index contributed by atoms with van der Waals surface area (Å²) < 4.78 is 12.8. The minimum Gasteiger partial charge on any atom is -0.496 e. The highest BCUT2D eigenvalue weighted by Crippen LogP contribution is 2.32. The number of Topliss-reactive ketones (excluding diaryl/α,β-unsaturated/α-hetero) is 1. The first-order valence-corrected chi connectivity index (χ1v) is 10.1. The first-order chi connectivity index (χ1) is 14.7. The first-order valence-electron chi connectivity index (χ1n) is 10.1. The fourth-order valence-electron chi connectivity index (χ4n) is 3.73. The van der Waals surface area contributed by atoms with Crippen LogP contribution in [0.1, 0.15) is 41.6 Å². The molecule has 0 amide bonds. The molecule has 1 heterocycles. The highest BCUT2D eigenvalue weighted by Gasteiger charge is 2.29. The second kappa shape index (κ2) is 8.95. The van der Waals surface area contributed by atoms with Gasteiger partial charge in [-0.25, -0.2) is 4.79 Å². The number of nitrogens with zero attached hydrogens (tertiary/aromatic N) is 2. The van der Waals surface area contributed by atoms with Gasteiger partial charge in [0.1, 0.15) is 17.0 Å². The van der Waals surface area contributed by atoms with Gasteiger partial charge < -0.3 is 9.47 Å². The molecule has 0 unspecified atom stereocenters. The van der Waals surface area contributed by atoms with Crippen LogP contribution in [-0.4, -0.2) is 34.7 Å². The van der Waals surface area contributed by atoms with Crippen molar-refractivity contribution >= 4 is 11.8 Å². The third-order valence-electron chi connectivity index (χ3n) is 5.28.